The minimum Gasteiger partial charge on any atom is -0.356 e. The highest BCUT2D eigenvalue weighted by atomic mass is 35.5. The molecular weight excluding hydrogens is 404 g/mol. The third kappa shape index (κ3) is 3.43. The number of aromatic nitrogens is 3. The predicted molar refractivity (Wildman–Crippen MR) is 119 cm³/mol. The maximum atomic E-state index is 13.1. The lowest BCUT2D eigenvalue weighted by Crippen LogP contribution is -2.21. The van der Waals surface area contributed by atoms with Crippen LogP contribution >= 0.6 is 22.9 Å². The highest BCUT2D eigenvalue weighted by molar-refractivity contribution is 7.22. The van der Waals surface area contributed by atoms with Crippen molar-refractivity contribution in [3.8, 4) is 16.1 Å². The Kier molecular flexibility index (Phi) is 4.60. The summed E-state index contributed by atoms with van der Waals surface area (Å²) in [6.45, 7) is 4.32. The number of nitrogens with zero attached hydrogens (tertiary/aromatic N) is 4. The topological polar surface area (TPSA) is 51.0 Å². The molecule has 4 aromatic rings. The minimum atomic E-state index is -0.0791. The molecule has 0 saturated carbocycles. The lowest BCUT2D eigenvalue weighted by atomic mass is 10.2. The second-order valence-corrected chi connectivity index (χ2v) is 8.95. The lowest BCUT2D eigenvalue weighted by Gasteiger charge is -2.17. The summed E-state index contributed by atoms with van der Waals surface area (Å²) in [6.07, 6.45) is 4.52. The van der Waals surface area contributed by atoms with Gasteiger partial charge < -0.3 is 4.90 Å². The van der Waals surface area contributed by atoms with E-state index in [1.54, 1.807) is 17.1 Å². The highest BCUT2D eigenvalue weighted by Gasteiger charge is 2.20. The number of pyridine rings is 1. The minimum absolute atomic E-state index is 0.0791. The molecule has 1 aromatic carbocycles. The molecule has 146 valence electrons. The number of fused-ring (bicyclic) bond motifs is 1. The third-order valence-electron chi connectivity index (χ3n) is 5.32. The van der Waals surface area contributed by atoms with Gasteiger partial charge in [-0.2, -0.15) is 0 Å². The molecule has 0 spiro atoms. The van der Waals surface area contributed by atoms with E-state index in [-0.39, 0.29) is 5.56 Å². The molecule has 0 N–H and O–H groups in total. The van der Waals surface area contributed by atoms with Gasteiger partial charge in [0, 0.05) is 23.0 Å². The number of hydrogen-bond acceptors (Lipinski definition) is 5. The van der Waals surface area contributed by atoms with Crippen LogP contribution in [0.4, 0.5) is 5.82 Å². The summed E-state index contributed by atoms with van der Waals surface area (Å²) in [5.41, 5.74) is 2.37. The number of hydrogen-bond donors (Lipinski definition) is 0. The molecule has 7 heteroatoms. The van der Waals surface area contributed by atoms with Gasteiger partial charge in [-0.3, -0.25) is 9.36 Å². The molecule has 5 rings (SSSR count). The largest absolute Gasteiger partial charge is 0.356 e. The van der Waals surface area contributed by atoms with Crippen LogP contribution in [0.3, 0.4) is 0 Å². The van der Waals surface area contributed by atoms with E-state index in [4.69, 9.17) is 11.6 Å². The van der Waals surface area contributed by atoms with Crippen molar-refractivity contribution in [1.29, 1.82) is 0 Å². The fourth-order valence-corrected chi connectivity index (χ4v) is 4.88. The first-order valence-corrected chi connectivity index (χ1v) is 10.8. The molecule has 4 heterocycles. The summed E-state index contributed by atoms with van der Waals surface area (Å²) in [4.78, 5) is 25.5. The van der Waals surface area contributed by atoms with Crippen molar-refractivity contribution in [2.24, 2.45) is 5.92 Å². The second kappa shape index (κ2) is 7.28. The van der Waals surface area contributed by atoms with Crippen molar-refractivity contribution >= 4 is 39.0 Å². The van der Waals surface area contributed by atoms with E-state index >= 15 is 0 Å². The van der Waals surface area contributed by atoms with Gasteiger partial charge in [-0.1, -0.05) is 30.7 Å². The van der Waals surface area contributed by atoms with Crippen LogP contribution in [-0.4, -0.2) is 27.6 Å². The summed E-state index contributed by atoms with van der Waals surface area (Å²) < 4.78 is 2.20. The molecule has 1 unspecified atom stereocenters. The Morgan fingerprint density at radius 3 is 2.66 bits per heavy atom. The number of rotatable bonds is 3. The van der Waals surface area contributed by atoms with Crippen LogP contribution in [0.1, 0.15) is 13.3 Å². The normalized spacial score (nSPS) is 16.6. The third-order valence-corrected chi connectivity index (χ3v) is 6.74. The van der Waals surface area contributed by atoms with Gasteiger partial charge in [0.15, 0.2) is 0 Å². The van der Waals surface area contributed by atoms with Gasteiger partial charge in [0.05, 0.1) is 17.4 Å². The van der Waals surface area contributed by atoms with E-state index in [9.17, 15) is 4.79 Å². The van der Waals surface area contributed by atoms with Gasteiger partial charge >= 0.3 is 0 Å². The van der Waals surface area contributed by atoms with Gasteiger partial charge in [0.25, 0.3) is 5.56 Å². The van der Waals surface area contributed by atoms with E-state index in [2.05, 4.69) is 21.8 Å². The van der Waals surface area contributed by atoms with E-state index in [0.29, 0.717) is 21.2 Å². The molecule has 5 nitrogen and oxygen atoms in total. The zero-order valence-corrected chi connectivity index (χ0v) is 17.5. The molecule has 1 saturated heterocycles. The smallest absolute Gasteiger partial charge is 0.275 e. The highest BCUT2D eigenvalue weighted by Crippen LogP contribution is 2.31. The molecular formula is C22H19ClN4OS. The summed E-state index contributed by atoms with van der Waals surface area (Å²) >= 11 is 7.43. The molecule has 0 aliphatic carbocycles. The molecule has 1 aliphatic heterocycles. The van der Waals surface area contributed by atoms with Crippen LogP contribution in [0.2, 0.25) is 5.02 Å². The fourth-order valence-electron chi connectivity index (χ4n) is 3.70. The van der Waals surface area contributed by atoms with Crippen molar-refractivity contribution in [1.82, 2.24) is 14.5 Å². The Hall–Kier alpha value is -2.70. The molecule has 1 atom stereocenters. The number of thiophene rings is 1. The lowest BCUT2D eigenvalue weighted by molar-refractivity contribution is 0.659. The van der Waals surface area contributed by atoms with E-state index < -0.39 is 0 Å². The maximum Gasteiger partial charge on any atom is 0.275 e. The van der Waals surface area contributed by atoms with E-state index in [1.807, 2.05) is 42.5 Å². The standard InChI is InChI=1S/C22H19ClN4OS/c1-14-8-9-26(12-14)20-7-6-17(11-24-20)27-13-25-18-10-19(29-21(18)22(27)28)15-2-4-16(23)5-3-15/h2-7,10-11,13-14H,8-9,12H2,1H3. The first-order chi connectivity index (χ1) is 14.1. The Labute approximate surface area is 177 Å². The first kappa shape index (κ1) is 18.3. The Morgan fingerprint density at radius 2 is 1.97 bits per heavy atom. The Balaban J connectivity index is 1.50. The molecule has 0 radical (unpaired) electrons. The molecule has 1 aliphatic rings. The van der Waals surface area contributed by atoms with Crippen molar-refractivity contribution in [3.05, 3.63) is 70.4 Å². The number of anilines is 1. The Morgan fingerprint density at radius 1 is 1.14 bits per heavy atom. The quantitative estimate of drug-likeness (QED) is 0.465. The zero-order chi connectivity index (χ0) is 20.0. The SMILES string of the molecule is CC1CCN(c2ccc(-n3cnc4cc(-c5ccc(Cl)cc5)sc4c3=O)cn2)C1. The van der Waals surface area contributed by atoms with Crippen LogP contribution in [0, 0.1) is 5.92 Å². The summed E-state index contributed by atoms with van der Waals surface area (Å²) in [5, 5.41) is 0.690. The monoisotopic (exact) mass is 422 g/mol. The maximum absolute atomic E-state index is 13.1. The van der Waals surface area contributed by atoms with Crippen molar-refractivity contribution in [3.63, 3.8) is 0 Å². The van der Waals surface area contributed by atoms with Crippen molar-refractivity contribution < 1.29 is 0 Å². The van der Waals surface area contributed by atoms with Crippen LogP contribution in [-0.2, 0) is 0 Å². The van der Waals surface area contributed by atoms with Gasteiger partial charge in [-0.25, -0.2) is 9.97 Å². The van der Waals surface area contributed by atoms with Crippen molar-refractivity contribution in [2.75, 3.05) is 18.0 Å². The average Bonchev–Trinajstić information content (AvgIpc) is 3.36. The summed E-state index contributed by atoms with van der Waals surface area (Å²) in [6, 6.07) is 13.5. The van der Waals surface area contributed by atoms with E-state index in [1.165, 1.54) is 17.8 Å². The van der Waals surface area contributed by atoms with Gasteiger partial charge in [0.2, 0.25) is 0 Å². The summed E-state index contributed by atoms with van der Waals surface area (Å²) in [5.74, 6) is 1.65. The number of benzene rings is 1. The van der Waals surface area contributed by atoms with Gasteiger partial charge in [-0.05, 0) is 48.2 Å². The average molecular weight is 423 g/mol. The molecule has 1 fully saturated rings. The van der Waals surface area contributed by atoms with E-state index in [0.717, 1.165) is 35.0 Å². The van der Waals surface area contributed by atoms with Crippen LogP contribution in [0.15, 0.2) is 59.8 Å². The fraction of sp³-hybridized carbons (Fsp3) is 0.227. The van der Waals surface area contributed by atoms with Crippen LogP contribution in [0.25, 0.3) is 26.3 Å². The predicted octanol–water partition coefficient (Wildman–Crippen LogP) is 5.01. The van der Waals surface area contributed by atoms with Crippen LogP contribution in [0.5, 0.6) is 0 Å². The van der Waals surface area contributed by atoms with Gasteiger partial charge in [-0.15, -0.1) is 11.3 Å². The molecule has 0 amide bonds. The first-order valence-electron chi connectivity index (χ1n) is 9.57. The summed E-state index contributed by atoms with van der Waals surface area (Å²) in [7, 11) is 0. The zero-order valence-electron chi connectivity index (χ0n) is 15.9. The second-order valence-electron chi connectivity index (χ2n) is 7.47. The molecule has 0 bridgehead atoms. The van der Waals surface area contributed by atoms with Gasteiger partial charge in [0.1, 0.15) is 16.8 Å². The van der Waals surface area contributed by atoms with Crippen LogP contribution < -0.4 is 10.5 Å². The Bertz CT molecular complexity index is 1230. The van der Waals surface area contributed by atoms with Crippen molar-refractivity contribution in [2.45, 2.75) is 13.3 Å². The molecule has 29 heavy (non-hydrogen) atoms. The molecule has 3 aromatic heterocycles. The number of halogens is 1.